The number of methoxy groups -OCH3 is 2. The van der Waals surface area contributed by atoms with Gasteiger partial charge in [0, 0.05) is 53.1 Å². The summed E-state index contributed by atoms with van der Waals surface area (Å²) in [5, 5.41) is 5.56. The molecule has 0 aliphatic carbocycles. The third-order valence-corrected chi connectivity index (χ3v) is 5.26. The lowest BCUT2D eigenvalue weighted by Crippen LogP contribution is -1.99. The smallest absolute Gasteiger partial charge is 0.161 e. The number of nitrogens with zero attached hydrogens (tertiary/aromatic N) is 4. The van der Waals surface area contributed by atoms with E-state index in [1.54, 1.807) is 20.4 Å². The zero-order chi connectivity index (χ0) is 21.2. The Kier molecular flexibility index (Phi) is 4.84. The molecule has 1 N–H and O–H groups in total. The van der Waals surface area contributed by atoms with Crippen molar-refractivity contribution in [2.24, 2.45) is 0 Å². The van der Waals surface area contributed by atoms with Crippen molar-refractivity contribution >= 4 is 11.0 Å². The summed E-state index contributed by atoms with van der Waals surface area (Å²) in [5.41, 5.74) is 6.03. The van der Waals surface area contributed by atoms with E-state index in [0.717, 1.165) is 38.9 Å². The molecule has 0 saturated heterocycles. The third-order valence-electron chi connectivity index (χ3n) is 5.26. The Morgan fingerprint density at radius 1 is 0.935 bits per heavy atom. The van der Waals surface area contributed by atoms with E-state index >= 15 is 0 Å². The molecule has 7 heteroatoms. The normalized spacial score (nSPS) is 11.0. The number of H-pyrrole nitrogens is 1. The van der Waals surface area contributed by atoms with Crippen LogP contribution in [-0.2, 0) is 6.54 Å². The first-order valence-electron chi connectivity index (χ1n) is 9.86. The van der Waals surface area contributed by atoms with Crippen LogP contribution in [0.1, 0.15) is 5.56 Å². The summed E-state index contributed by atoms with van der Waals surface area (Å²) in [6.07, 6.45) is 11.4. The Bertz CT molecular complexity index is 1340. The molecule has 0 bridgehead atoms. The number of aromatic amines is 1. The SMILES string of the molecule is COc1ccc(-c2cnc3[nH]cc(-c4cnn(Cc5cccnc5)c4)c3c2)cc1OC. The molecule has 4 heterocycles. The fraction of sp³-hybridized carbons (Fsp3) is 0.125. The van der Waals surface area contributed by atoms with Gasteiger partial charge in [-0.05, 0) is 35.4 Å². The van der Waals surface area contributed by atoms with Crippen LogP contribution in [0.15, 0.2) is 73.6 Å². The van der Waals surface area contributed by atoms with E-state index in [2.05, 4.69) is 26.1 Å². The van der Waals surface area contributed by atoms with Gasteiger partial charge in [0.1, 0.15) is 5.65 Å². The minimum absolute atomic E-state index is 0.672. The summed E-state index contributed by atoms with van der Waals surface area (Å²) in [4.78, 5) is 12.0. The fourth-order valence-corrected chi connectivity index (χ4v) is 3.68. The fourth-order valence-electron chi connectivity index (χ4n) is 3.68. The molecule has 0 radical (unpaired) electrons. The predicted molar refractivity (Wildman–Crippen MR) is 119 cm³/mol. The quantitative estimate of drug-likeness (QED) is 0.443. The van der Waals surface area contributed by atoms with Gasteiger partial charge in [0.2, 0.25) is 0 Å². The van der Waals surface area contributed by atoms with Gasteiger partial charge < -0.3 is 14.5 Å². The van der Waals surface area contributed by atoms with Crippen LogP contribution >= 0.6 is 0 Å². The molecule has 0 aliphatic rings. The highest BCUT2D eigenvalue weighted by Crippen LogP contribution is 2.35. The largest absolute Gasteiger partial charge is 0.493 e. The van der Waals surface area contributed by atoms with Gasteiger partial charge in [0.05, 0.1) is 27.0 Å². The van der Waals surface area contributed by atoms with E-state index in [-0.39, 0.29) is 0 Å². The number of fused-ring (bicyclic) bond motifs is 1. The van der Waals surface area contributed by atoms with E-state index in [0.29, 0.717) is 18.0 Å². The minimum atomic E-state index is 0.672. The van der Waals surface area contributed by atoms with Crippen molar-refractivity contribution in [3.8, 4) is 33.8 Å². The monoisotopic (exact) mass is 411 g/mol. The summed E-state index contributed by atoms with van der Waals surface area (Å²) in [5.74, 6) is 1.38. The molecule has 0 aliphatic heterocycles. The molecule has 0 saturated carbocycles. The van der Waals surface area contributed by atoms with E-state index < -0.39 is 0 Å². The van der Waals surface area contributed by atoms with Crippen LogP contribution in [0.4, 0.5) is 0 Å². The molecule has 0 amide bonds. The Hall–Kier alpha value is -4.13. The molecule has 5 rings (SSSR count). The van der Waals surface area contributed by atoms with Crippen LogP contribution in [0, 0.1) is 0 Å². The summed E-state index contributed by atoms with van der Waals surface area (Å²) in [7, 11) is 3.27. The van der Waals surface area contributed by atoms with Crippen LogP contribution in [0.2, 0.25) is 0 Å². The van der Waals surface area contributed by atoms with Gasteiger partial charge in [-0.25, -0.2) is 4.98 Å². The Balaban J connectivity index is 1.50. The van der Waals surface area contributed by atoms with Crippen molar-refractivity contribution in [2.45, 2.75) is 6.54 Å². The maximum absolute atomic E-state index is 5.45. The third kappa shape index (κ3) is 3.61. The second kappa shape index (κ2) is 7.95. The highest BCUT2D eigenvalue weighted by Gasteiger charge is 2.12. The molecule has 31 heavy (non-hydrogen) atoms. The maximum atomic E-state index is 5.45. The molecule has 5 aromatic rings. The molecule has 154 valence electrons. The maximum Gasteiger partial charge on any atom is 0.161 e. The highest BCUT2D eigenvalue weighted by molar-refractivity contribution is 5.95. The zero-order valence-electron chi connectivity index (χ0n) is 17.2. The van der Waals surface area contributed by atoms with Crippen LogP contribution in [-0.4, -0.2) is 39.0 Å². The van der Waals surface area contributed by atoms with Gasteiger partial charge in [-0.15, -0.1) is 0 Å². The zero-order valence-corrected chi connectivity index (χ0v) is 17.2. The predicted octanol–water partition coefficient (Wildman–Crippen LogP) is 4.55. The van der Waals surface area contributed by atoms with Crippen LogP contribution < -0.4 is 9.47 Å². The lowest BCUT2D eigenvalue weighted by Gasteiger charge is -2.09. The minimum Gasteiger partial charge on any atom is -0.493 e. The molecule has 4 aromatic heterocycles. The number of hydrogen-bond donors (Lipinski definition) is 1. The Morgan fingerprint density at radius 2 is 1.84 bits per heavy atom. The number of benzene rings is 1. The second-order valence-electron chi connectivity index (χ2n) is 7.18. The molecule has 1 aromatic carbocycles. The average molecular weight is 411 g/mol. The van der Waals surface area contributed by atoms with Gasteiger partial charge in [0.15, 0.2) is 11.5 Å². The van der Waals surface area contributed by atoms with Gasteiger partial charge in [0.25, 0.3) is 0 Å². The number of aromatic nitrogens is 5. The molecule has 0 spiro atoms. The van der Waals surface area contributed by atoms with E-state index in [9.17, 15) is 0 Å². The molecule has 0 fully saturated rings. The van der Waals surface area contributed by atoms with Crippen molar-refractivity contribution in [3.05, 3.63) is 79.1 Å². The molecular weight excluding hydrogens is 390 g/mol. The van der Waals surface area contributed by atoms with Crippen LogP contribution in [0.3, 0.4) is 0 Å². The average Bonchev–Trinajstić information content (AvgIpc) is 3.45. The summed E-state index contributed by atoms with van der Waals surface area (Å²) in [6.45, 7) is 0.672. The van der Waals surface area contributed by atoms with Crippen molar-refractivity contribution < 1.29 is 9.47 Å². The molecule has 0 unspecified atom stereocenters. The summed E-state index contributed by atoms with van der Waals surface area (Å²) in [6, 6.07) is 12.0. The molecular formula is C24H21N5O2. The highest BCUT2D eigenvalue weighted by atomic mass is 16.5. The number of rotatable bonds is 6. The lowest BCUT2D eigenvalue weighted by atomic mass is 10.0. The lowest BCUT2D eigenvalue weighted by molar-refractivity contribution is 0.355. The van der Waals surface area contributed by atoms with Crippen molar-refractivity contribution in [2.75, 3.05) is 14.2 Å². The summed E-state index contributed by atoms with van der Waals surface area (Å²) >= 11 is 0. The second-order valence-corrected chi connectivity index (χ2v) is 7.18. The Labute approximate surface area is 179 Å². The number of pyridine rings is 2. The van der Waals surface area contributed by atoms with Gasteiger partial charge in [-0.2, -0.15) is 5.10 Å². The van der Waals surface area contributed by atoms with E-state index in [1.165, 1.54) is 0 Å². The number of ether oxygens (including phenoxy) is 2. The van der Waals surface area contributed by atoms with Crippen molar-refractivity contribution in [1.82, 2.24) is 24.7 Å². The molecule has 7 nitrogen and oxygen atoms in total. The Morgan fingerprint density at radius 3 is 2.65 bits per heavy atom. The standard InChI is InChI=1S/C24H21N5O2/c1-30-22-6-5-17(9-23(22)31-2)18-8-20-21(13-27-24(20)26-11-18)19-12-28-29(15-19)14-16-4-3-7-25-10-16/h3-13,15H,14H2,1-2H3,(H,26,27). The van der Waals surface area contributed by atoms with E-state index in [4.69, 9.17) is 9.47 Å². The summed E-state index contributed by atoms with van der Waals surface area (Å²) < 4.78 is 12.7. The van der Waals surface area contributed by atoms with Crippen molar-refractivity contribution in [1.29, 1.82) is 0 Å². The topological polar surface area (TPSA) is 77.9 Å². The van der Waals surface area contributed by atoms with Crippen molar-refractivity contribution in [3.63, 3.8) is 0 Å². The number of hydrogen-bond acceptors (Lipinski definition) is 5. The van der Waals surface area contributed by atoms with Gasteiger partial charge in [-0.3, -0.25) is 9.67 Å². The first-order chi connectivity index (χ1) is 15.2. The van der Waals surface area contributed by atoms with Gasteiger partial charge in [-0.1, -0.05) is 12.1 Å². The number of nitrogens with one attached hydrogen (secondary N) is 1. The first-order valence-corrected chi connectivity index (χ1v) is 9.86. The van der Waals surface area contributed by atoms with Crippen LogP contribution in [0.5, 0.6) is 11.5 Å². The van der Waals surface area contributed by atoms with E-state index in [1.807, 2.05) is 66.0 Å². The molecule has 0 atom stereocenters. The van der Waals surface area contributed by atoms with Crippen LogP contribution in [0.25, 0.3) is 33.3 Å². The van der Waals surface area contributed by atoms with Gasteiger partial charge >= 0.3 is 0 Å². The first kappa shape index (κ1) is 18.9.